The average Bonchev–Trinajstić information content (AvgIpc) is 2.70. The molecule has 1 unspecified atom stereocenters. The molecule has 1 aromatic heterocycles. The van der Waals surface area contributed by atoms with Crippen LogP contribution in [0.5, 0.6) is 5.75 Å². The maximum atomic E-state index is 10.3. The molecule has 6 nitrogen and oxygen atoms in total. The van der Waals surface area contributed by atoms with Gasteiger partial charge in [-0.2, -0.15) is 0 Å². The van der Waals surface area contributed by atoms with Gasteiger partial charge in [-0.15, -0.1) is 0 Å². The van der Waals surface area contributed by atoms with Crippen molar-refractivity contribution in [3.63, 3.8) is 0 Å². The summed E-state index contributed by atoms with van der Waals surface area (Å²) >= 11 is 0. The number of nitrogens with zero attached hydrogens (tertiary/aromatic N) is 3. The smallest absolute Gasteiger partial charge is 0.130 e. The van der Waals surface area contributed by atoms with Crippen molar-refractivity contribution in [2.24, 2.45) is 0 Å². The Hall–Kier alpha value is -2.02. The van der Waals surface area contributed by atoms with Gasteiger partial charge in [-0.25, -0.2) is 9.97 Å². The molecule has 6 heteroatoms. The van der Waals surface area contributed by atoms with Gasteiger partial charge in [0.05, 0.1) is 0 Å². The number of hydrogen-bond donors (Lipinski definition) is 2. The van der Waals surface area contributed by atoms with Crippen molar-refractivity contribution in [2.75, 3.05) is 32.8 Å². The van der Waals surface area contributed by atoms with E-state index in [0.29, 0.717) is 19.7 Å². The van der Waals surface area contributed by atoms with Gasteiger partial charge in [0.2, 0.25) is 0 Å². The molecule has 0 amide bonds. The van der Waals surface area contributed by atoms with Gasteiger partial charge in [0.1, 0.15) is 24.3 Å². The van der Waals surface area contributed by atoms with Gasteiger partial charge < -0.3 is 20.1 Å². The highest BCUT2D eigenvalue weighted by molar-refractivity contribution is 5.33. The van der Waals surface area contributed by atoms with E-state index in [-0.39, 0.29) is 0 Å². The summed E-state index contributed by atoms with van der Waals surface area (Å²) in [6.07, 6.45) is 4.10. The molecule has 158 valence electrons. The molecule has 0 saturated carbocycles. The Kier molecular flexibility index (Phi) is 8.40. The summed E-state index contributed by atoms with van der Waals surface area (Å²) in [6.45, 7) is 8.69. The number of piperidine rings is 1. The zero-order valence-corrected chi connectivity index (χ0v) is 17.7. The number of likely N-dealkylation sites (tertiary alicyclic amines) is 1. The highest BCUT2D eigenvalue weighted by Crippen LogP contribution is 2.18. The summed E-state index contributed by atoms with van der Waals surface area (Å²) in [4.78, 5) is 11.3. The van der Waals surface area contributed by atoms with Crippen molar-refractivity contribution in [3.8, 4) is 5.75 Å². The SMILES string of the molecule is Cc1cc(C)nc(CCNCc2ccccc2OCC(O)CN2CCCCC2)n1. The van der Waals surface area contributed by atoms with Crippen LogP contribution >= 0.6 is 0 Å². The molecule has 1 aliphatic heterocycles. The van der Waals surface area contributed by atoms with Gasteiger partial charge in [-0.3, -0.25) is 0 Å². The van der Waals surface area contributed by atoms with Crippen molar-refractivity contribution >= 4 is 0 Å². The lowest BCUT2D eigenvalue weighted by atomic mass is 10.1. The molecule has 1 aliphatic rings. The average molecular weight is 399 g/mol. The first kappa shape index (κ1) is 21.7. The molecular formula is C23H34N4O2. The second-order valence-corrected chi connectivity index (χ2v) is 7.93. The lowest BCUT2D eigenvalue weighted by Gasteiger charge is -2.28. The number of benzene rings is 1. The van der Waals surface area contributed by atoms with E-state index in [1.807, 2.05) is 38.1 Å². The van der Waals surface area contributed by atoms with Crippen LogP contribution in [0, 0.1) is 13.8 Å². The highest BCUT2D eigenvalue weighted by atomic mass is 16.5. The van der Waals surface area contributed by atoms with Crippen LogP contribution in [0.25, 0.3) is 0 Å². The molecule has 1 aromatic carbocycles. The topological polar surface area (TPSA) is 70.5 Å². The van der Waals surface area contributed by atoms with Gasteiger partial charge in [-0.05, 0) is 51.9 Å². The number of rotatable bonds is 10. The molecule has 1 fully saturated rings. The fourth-order valence-corrected chi connectivity index (χ4v) is 3.80. The first-order valence-corrected chi connectivity index (χ1v) is 10.7. The van der Waals surface area contributed by atoms with E-state index in [1.165, 1.54) is 19.3 Å². The van der Waals surface area contributed by atoms with E-state index >= 15 is 0 Å². The van der Waals surface area contributed by atoms with Crippen molar-refractivity contribution in [1.29, 1.82) is 0 Å². The lowest BCUT2D eigenvalue weighted by molar-refractivity contribution is 0.0614. The molecule has 1 atom stereocenters. The number of aliphatic hydroxyl groups is 1. The summed E-state index contributed by atoms with van der Waals surface area (Å²) in [5, 5.41) is 13.8. The Morgan fingerprint density at radius 1 is 1.10 bits per heavy atom. The second kappa shape index (κ2) is 11.2. The van der Waals surface area contributed by atoms with Gasteiger partial charge in [0.15, 0.2) is 0 Å². The first-order chi connectivity index (χ1) is 14.1. The summed E-state index contributed by atoms with van der Waals surface area (Å²) in [7, 11) is 0. The van der Waals surface area contributed by atoms with Gasteiger partial charge >= 0.3 is 0 Å². The van der Waals surface area contributed by atoms with Crippen LogP contribution in [0.15, 0.2) is 30.3 Å². The van der Waals surface area contributed by atoms with E-state index in [9.17, 15) is 5.11 Å². The molecule has 2 heterocycles. The zero-order chi connectivity index (χ0) is 20.5. The Morgan fingerprint density at radius 2 is 1.83 bits per heavy atom. The zero-order valence-electron chi connectivity index (χ0n) is 17.7. The van der Waals surface area contributed by atoms with Crippen LogP contribution in [-0.2, 0) is 13.0 Å². The van der Waals surface area contributed by atoms with E-state index < -0.39 is 6.10 Å². The standard InChI is InChI=1S/C23H34N4O2/c1-18-14-19(2)26-23(25-18)10-11-24-15-20-8-4-5-9-22(20)29-17-21(28)16-27-12-6-3-7-13-27/h4-5,8-9,14,21,24,28H,3,6-7,10-13,15-17H2,1-2H3. The maximum absolute atomic E-state index is 10.3. The van der Waals surface area contributed by atoms with Gasteiger partial charge in [0.25, 0.3) is 0 Å². The molecule has 0 radical (unpaired) electrons. The number of ether oxygens (including phenoxy) is 1. The van der Waals surface area contributed by atoms with Crippen LogP contribution in [0.2, 0.25) is 0 Å². The third-order valence-corrected chi connectivity index (χ3v) is 5.19. The minimum absolute atomic E-state index is 0.323. The molecular weight excluding hydrogens is 364 g/mol. The van der Waals surface area contributed by atoms with Crippen molar-refractivity contribution < 1.29 is 9.84 Å². The van der Waals surface area contributed by atoms with Gasteiger partial charge in [-0.1, -0.05) is 24.6 Å². The number of β-amino-alcohol motifs (C(OH)–C–C–N with tert-alkyl or cyclic N) is 1. The minimum Gasteiger partial charge on any atom is -0.491 e. The fraction of sp³-hybridized carbons (Fsp3) is 0.565. The minimum atomic E-state index is -0.462. The summed E-state index contributed by atoms with van der Waals surface area (Å²) in [6, 6.07) is 10.0. The third-order valence-electron chi connectivity index (χ3n) is 5.19. The second-order valence-electron chi connectivity index (χ2n) is 7.93. The Labute approximate surface area is 174 Å². The van der Waals surface area contributed by atoms with Crippen LogP contribution in [-0.4, -0.2) is 58.9 Å². The number of aryl methyl sites for hydroxylation is 2. The van der Waals surface area contributed by atoms with E-state index in [1.54, 1.807) is 0 Å². The van der Waals surface area contributed by atoms with Crippen molar-refractivity contribution in [3.05, 3.63) is 53.1 Å². The predicted molar refractivity (Wildman–Crippen MR) is 115 cm³/mol. The summed E-state index contributed by atoms with van der Waals surface area (Å²) < 4.78 is 5.95. The lowest BCUT2D eigenvalue weighted by Crippen LogP contribution is -2.38. The summed E-state index contributed by atoms with van der Waals surface area (Å²) in [5.41, 5.74) is 3.11. The predicted octanol–water partition coefficient (Wildman–Crippen LogP) is 2.65. The van der Waals surface area contributed by atoms with E-state index in [2.05, 4.69) is 26.3 Å². The molecule has 0 aliphatic carbocycles. The molecule has 2 N–H and O–H groups in total. The largest absolute Gasteiger partial charge is 0.491 e. The Balaban J connectivity index is 1.43. The first-order valence-electron chi connectivity index (χ1n) is 10.7. The molecule has 1 saturated heterocycles. The number of nitrogens with one attached hydrogen (secondary N) is 1. The molecule has 0 bridgehead atoms. The molecule has 0 spiro atoms. The van der Waals surface area contributed by atoms with Crippen molar-refractivity contribution in [1.82, 2.24) is 20.2 Å². The molecule has 2 aromatic rings. The van der Waals surface area contributed by atoms with Crippen molar-refractivity contribution in [2.45, 2.75) is 52.2 Å². The fourth-order valence-electron chi connectivity index (χ4n) is 3.80. The van der Waals surface area contributed by atoms with Crippen LogP contribution in [0.4, 0.5) is 0 Å². The highest BCUT2D eigenvalue weighted by Gasteiger charge is 2.15. The monoisotopic (exact) mass is 398 g/mol. The number of aliphatic hydroxyl groups excluding tert-OH is 1. The Bertz CT molecular complexity index is 742. The number of hydrogen-bond acceptors (Lipinski definition) is 6. The summed E-state index contributed by atoms with van der Waals surface area (Å²) in [5.74, 6) is 1.71. The number of para-hydroxylation sites is 1. The third kappa shape index (κ3) is 7.38. The van der Waals surface area contributed by atoms with Crippen LogP contribution in [0.1, 0.15) is 42.0 Å². The maximum Gasteiger partial charge on any atom is 0.130 e. The van der Waals surface area contributed by atoms with Crippen LogP contribution < -0.4 is 10.1 Å². The molecule has 29 heavy (non-hydrogen) atoms. The van der Waals surface area contributed by atoms with E-state index in [4.69, 9.17) is 4.74 Å². The Morgan fingerprint density at radius 3 is 2.59 bits per heavy atom. The molecule has 3 rings (SSSR count). The van der Waals surface area contributed by atoms with Crippen LogP contribution in [0.3, 0.4) is 0 Å². The normalized spacial score (nSPS) is 16.0. The quantitative estimate of drug-likeness (QED) is 0.600. The van der Waals surface area contributed by atoms with E-state index in [0.717, 1.165) is 54.6 Å². The number of aromatic nitrogens is 2. The van der Waals surface area contributed by atoms with Gasteiger partial charge in [0, 0.05) is 43.0 Å².